The van der Waals surface area contributed by atoms with Crippen LogP contribution in [0.3, 0.4) is 0 Å². The third-order valence-electron chi connectivity index (χ3n) is 1.99. The molecule has 0 fully saturated rings. The number of ether oxygens (including phenoxy) is 3. The van der Waals surface area contributed by atoms with E-state index < -0.39 is 0 Å². The first-order valence-electron chi connectivity index (χ1n) is 5.81. The van der Waals surface area contributed by atoms with Crippen LogP contribution in [0, 0.1) is 0 Å². The molecule has 0 aliphatic heterocycles. The number of hydrogen-bond acceptors (Lipinski definition) is 4. The highest BCUT2D eigenvalue weighted by Crippen LogP contribution is 1.90. The van der Waals surface area contributed by atoms with Crippen LogP contribution in [0.5, 0.6) is 0 Å². The fraction of sp³-hybridized carbons (Fsp3) is 0.833. The van der Waals surface area contributed by atoms with Crippen LogP contribution in [0.15, 0.2) is 12.7 Å². The van der Waals surface area contributed by atoms with Crippen LogP contribution in [0.25, 0.3) is 0 Å². The van der Waals surface area contributed by atoms with Crippen molar-refractivity contribution < 1.29 is 14.2 Å². The van der Waals surface area contributed by atoms with Crippen molar-refractivity contribution in [3.05, 3.63) is 12.7 Å². The molecule has 4 nitrogen and oxygen atoms in total. The van der Waals surface area contributed by atoms with Crippen molar-refractivity contribution in [1.82, 2.24) is 5.32 Å². The molecule has 1 atom stereocenters. The Morgan fingerprint density at radius 2 is 2.06 bits per heavy atom. The standard InChI is InChI=1S/C12H25NO3/c1-4-6-13-11-12(2)16-10-9-15-8-5-7-14-3/h4,12-13H,1,5-11H2,2-3H3. The number of rotatable bonds is 12. The maximum Gasteiger partial charge on any atom is 0.0704 e. The van der Waals surface area contributed by atoms with Gasteiger partial charge < -0.3 is 19.5 Å². The second-order valence-corrected chi connectivity index (χ2v) is 3.59. The van der Waals surface area contributed by atoms with Gasteiger partial charge in [-0.25, -0.2) is 0 Å². The maximum atomic E-state index is 5.54. The molecular formula is C12H25NO3. The summed E-state index contributed by atoms with van der Waals surface area (Å²) in [6.07, 6.45) is 2.99. The van der Waals surface area contributed by atoms with Gasteiger partial charge in [-0.2, -0.15) is 0 Å². The highest BCUT2D eigenvalue weighted by Gasteiger charge is 2.00. The van der Waals surface area contributed by atoms with Gasteiger partial charge >= 0.3 is 0 Å². The van der Waals surface area contributed by atoms with Gasteiger partial charge in [0.2, 0.25) is 0 Å². The molecule has 4 heteroatoms. The van der Waals surface area contributed by atoms with Gasteiger partial charge in [-0.15, -0.1) is 6.58 Å². The van der Waals surface area contributed by atoms with E-state index in [1.807, 2.05) is 13.0 Å². The molecule has 0 heterocycles. The lowest BCUT2D eigenvalue weighted by Gasteiger charge is -2.13. The first-order valence-corrected chi connectivity index (χ1v) is 5.81. The third kappa shape index (κ3) is 11.7. The van der Waals surface area contributed by atoms with Gasteiger partial charge in [0, 0.05) is 33.4 Å². The smallest absolute Gasteiger partial charge is 0.0704 e. The Morgan fingerprint density at radius 1 is 1.25 bits per heavy atom. The van der Waals surface area contributed by atoms with Crippen molar-refractivity contribution in [2.75, 3.05) is 46.6 Å². The lowest BCUT2D eigenvalue weighted by atomic mass is 10.4. The average molecular weight is 231 g/mol. The lowest BCUT2D eigenvalue weighted by molar-refractivity contribution is 0.00915. The Bertz CT molecular complexity index is 153. The molecule has 0 aromatic rings. The molecule has 0 radical (unpaired) electrons. The monoisotopic (exact) mass is 231 g/mol. The van der Waals surface area contributed by atoms with Crippen LogP contribution in [-0.2, 0) is 14.2 Å². The second-order valence-electron chi connectivity index (χ2n) is 3.59. The van der Waals surface area contributed by atoms with Gasteiger partial charge in [0.1, 0.15) is 0 Å². The van der Waals surface area contributed by atoms with Crippen LogP contribution >= 0.6 is 0 Å². The highest BCUT2D eigenvalue weighted by atomic mass is 16.5. The van der Waals surface area contributed by atoms with E-state index in [1.54, 1.807) is 7.11 Å². The number of methoxy groups -OCH3 is 1. The van der Waals surface area contributed by atoms with E-state index in [2.05, 4.69) is 11.9 Å². The predicted octanol–water partition coefficient (Wildman–Crippen LogP) is 1.22. The molecule has 96 valence electrons. The summed E-state index contributed by atoms with van der Waals surface area (Å²) in [6.45, 7) is 10.1. The van der Waals surface area contributed by atoms with E-state index in [0.717, 1.165) is 32.7 Å². The fourth-order valence-corrected chi connectivity index (χ4v) is 1.16. The van der Waals surface area contributed by atoms with E-state index in [-0.39, 0.29) is 6.10 Å². The summed E-state index contributed by atoms with van der Waals surface area (Å²) < 4.78 is 15.8. The van der Waals surface area contributed by atoms with Gasteiger partial charge in [0.05, 0.1) is 19.3 Å². The average Bonchev–Trinajstić information content (AvgIpc) is 2.28. The van der Waals surface area contributed by atoms with E-state index in [4.69, 9.17) is 14.2 Å². The van der Waals surface area contributed by atoms with Crippen LogP contribution < -0.4 is 5.32 Å². The van der Waals surface area contributed by atoms with Gasteiger partial charge in [-0.1, -0.05) is 6.08 Å². The lowest BCUT2D eigenvalue weighted by Crippen LogP contribution is -2.27. The van der Waals surface area contributed by atoms with E-state index in [9.17, 15) is 0 Å². The first-order chi connectivity index (χ1) is 7.81. The zero-order valence-corrected chi connectivity index (χ0v) is 10.5. The largest absolute Gasteiger partial charge is 0.385 e. The predicted molar refractivity (Wildman–Crippen MR) is 65.8 cm³/mol. The first kappa shape index (κ1) is 15.6. The molecule has 0 aromatic heterocycles. The van der Waals surface area contributed by atoms with Crippen LogP contribution in [0.1, 0.15) is 13.3 Å². The van der Waals surface area contributed by atoms with E-state index >= 15 is 0 Å². The minimum Gasteiger partial charge on any atom is -0.385 e. The maximum absolute atomic E-state index is 5.54. The summed E-state index contributed by atoms with van der Waals surface area (Å²) in [5.74, 6) is 0. The Labute approximate surface area is 99.0 Å². The third-order valence-corrected chi connectivity index (χ3v) is 1.99. The van der Waals surface area contributed by atoms with Gasteiger partial charge in [-0.3, -0.25) is 0 Å². The summed E-state index contributed by atoms with van der Waals surface area (Å²) in [6, 6.07) is 0. The van der Waals surface area contributed by atoms with Crippen molar-refractivity contribution in [3.8, 4) is 0 Å². The SMILES string of the molecule is C=CCNCC(C)OCCOCCCOC. The molecule has 0 rings (SSSR count). The Hall–Kier alpha value is -0.420. The fourth-order valence-electron chi connectivity index (χ4n) is 1.16. The summed E-state index contributed by atoms with van der Waals surface area (Å²) in [5, 5.41) is 3.20. The van der Waals surface area contributed by atoms with Crippen molar-refractivity contribution in [3.63, 3.8) is 0 Å². The topological polar surface area (TPSA) is 39.7 Å². The molecule has 0 saturated heterocycles. The number of nitrogens with one attached hydrogen (secondary N) is 1. The molecule has 1 N–H and O–H groups in total. The zero-order valence-electron chi connectivity index (χ0n) is 10.5. The van der Waals surface area contributed by atoms with E-state index in [0.29, 0.717) is 13.2 Å². The minimum absolute atomic E-state index is 0.211. The molecule has 16 heavy (non-hydrogen) atoms. The molecule has 1 unspecified atom stereocenters. The molecule has 0 amide bonds. The quantitative estimate of drug-likeness (QED) is 0.405. The van der Waals surface area contributed by atoms with Gasteiger partial charge in [-0.05, 0) is 13.3 Å². The second kappa shape index (κ2) is 12.6. The molecular weight excluding hydrogens is 206 g/mol. The summed E-state index contributed by atoms with van der Waals surface area (Å²) in [7, 11) is 1.70. The molecule has 0 saturated carbocycles. The van der Waals surface area contributed by atoms with Crippen LogP contribution in [0.4, 0.5) is 0 Å². The molecule has 0 aliphatic rings. The van der Waals surface area contributed by atoms with Crippen molar-refractivity contribution in [1.29, 1.82) is 0 Å². The molecule has 0 bridgehead atoms. The molecule has 0 spiro atoms. The summed E-state index contributed by atoms with van der Waals surface area (Å²) in [4.78, 5) is 0. The minimum atomic E-state index is 0.211. The van der Waals surface area contributed by atoms with Gasteiger partial charge in [0.15, 0.2) is 0 Å². The molecule has 0 aromatic carbocycles. The summed E-state index contributed by atoms with van der Waals surface area (Å²) in [5.41, 5.74) is 0. The van der Waals surface area contributed by atoms with Crippen molar-refractivity contribution in [2.24, 2.45) is 0 Å². The highest BCUT2D eigenvalue weighted by molar-refractivity contribution is 4.70. The molecule has 0 aliphatic carbocycles. The van der Waals surface area contributed by atoms with Crippen LogP contribution in [0.2, 0.25) is 0 Å². The summed E-state index contributed by atoms with van der Waals surface area (Å²) >= 11 is 0. The Balaban J connectivity index is 3.08. The van der Waals surface area contributed by atoms with E-state index in [1.165, 1.54) is 0 Å². The normalized spacial score (nSPS) is 12.6. The Morgan fingerprint density at radius 3 is 2.75 bits per heavy atom. The van der Waals surface area contributed by atoms with Crippen LogP contribution in [-0.4, -0.2) is 52.7 Å². The zero-order chi connectivity index (χ0) is 12.1. The number of hydrogen-bond donors (Lipinski definition) is 1. The Kier molecular flexibility index (Phi) is 12.3. The van der Waals surface area contributed by atoms with Crippen molar-refractivity contribution >= 4 is 0 Å². The van der Waals surface area contributed by atoms with Crippen molar-refractivity contribution in [2.45, 2.75) is 19.4 Å². The van der Waals surface area contributed by atoms with Gasteiger partial charge in [0.25, 0.3) is 0 Å².